The van der Waals surface area contributed by atoms with E-state index in [4.69, 9.17) is 4.74 Å². The maximum absolute atomic E-state index is 9.27. The Morgan fingerprint density at radius 2 is 2.14 bits per heavy atom. The summed E-state index contributed by atoms with van der Waals surface area (Å²) in [6.07, 6.45) is 3.49. The van der Waals surface area contributed by atoms with E-state index in [0.717, 1.165) is 22.3 Å². The van der Waals surface area contributed by atoms with Gasteiger partial charge in [0.2, 0.25) is 0 Å². The lowest BCUT2D eigenvalue weighted by Gasteiger charge is -2.08. The van der Waals surface area contributed by atoms with Crippen LogP contribution in [0.3, 0.4) is 0 Å². The summed E-state index contributed by atoms with van der Waals surface area (Å²) in [5.41, 5.74) is 3.08. The Labute approximate surface area is 122 Å². The van der Waals surface area contributed by atoms with Gasteiger partial charge in [-0.15, -0.1) is 0 Å². The van der Waals surface area contributed by atoms with Crippen LogP contribution in [0.15, 0.2) is 36.8 Å². The van der Waals surface area contributed by atoms with Gasteiger partial charge in [0.1, 0.15) is 23.8 Å². The molecule has 0 spiro atoms. The summed E-state index contributed by atoms with van der Waals surface area (Å²) in [5.74, 6) is 0.599. The first-order chi connectivity index (χ1) is 10.2. The Morgan fingerprint density at radius 1 is 1.29 bits per heavy atom. The summed E-state index contributed by atoms with van der Waals surface area (Å²) in [6.45, 7) is 2.43. The maximum atomic E-state index is 9.27. The van der Waals surface area contributed by atoms with E-state index in [1.165, 1.54) is 0 Å². The van der Waals surface area contributed by atoms with E-state index >= 15 is 0 Å². The van der Waals surface area contributed by atoms with Crippen molar-refractivity contribution in [1.82, 2.24) is 14.5 Å². The molecule has 104 valence electrons. The third kappa shape index (κ3) is 2.21. The Bertz CT molecular complexity index is 845. The summed E-state index contributed by atoms with van der Waals surface area (Å²) >= 11 is 0. The summed E-state index contributed by atoms with van der Waals surface area (Å²) in [6, 6.07) is 9.69. The molecule has 5 nitrogen and oxygen atoms in total. The molecule has 0 bridgehead atoms. The largest absolute Gasteiger partial charge is 0.492 e. The Balaban J connectivity index is 2.17. The molecule has 0 amide bonds. The number of aryl methyl sites for hydroxylation is 1. The van der Waals surface area contributed by atoms with E-state index in [0.29, 0.717) is 17.9 Å². The van der Waals surface area contributed by atoms with E-state index in [1.807, 2.05) is 42.9 Å². The molecule has 5 heteroatoms. The predicted octanol–water partition coefficient (Wildman–Crippen LogP) is 2.91. The minimum absolute atomic E-state index is 0.511. The second-order valence-electron chi connectivity index (χ2n) is 4.64. The molecule has 0 atom stereocenters. The molecule has 21 heavy (non-hydrogen) atoms. The summed E-state index contributed by atoms with van der Waals surface area (Å²) in [4.78, 5) is 8.65. The van der Waals surface area contributed by atoms with Gasteiger partial charge < -0.3 is 9.30 Å². The van der Waals surface area contributed by atoms with Gasteiger partial charge in [-0.05, 0) is 31.2 Å². The molecule has 0 aliphatic heterocycles. The standard InChI is InChI=1S/C16H14N4O/c1-3-21-14-5-4-11(8-12(14)9-17)15-13-6-7-20(2)16(13)19-10-18-15/h4-8,10H,3H2,1-2H3. The molecule has 2 aromatic heterocycles. The van der Waals surface area contributed by atoms with Crippen molar-refractivity contribution in [3.63, 3.8) is 0 Å². The third-order valence-corrected chi connectivity index (χ3v) is 3.34. The fourth-order valence-electron chi connectivity index (χ4n) is 2.35. The van der Waals surface area contributed by atoms with Crippen LogP contribution in [0.25, 0.3) is 22.3 Å². The first-order valence-corrected chi connectivity index (χ1v) is 6.68. The van der Waals surface area contributed by atoms with Crippen molar-refractivity contribution < 1.29 is 4.74 Å². The number of rotatable bonds is 3. The van der Waals surface area contributed by atoms with E-state index in [-0.39, 0.29) is 0 Å². The van der Waals surface area contributed by atoms with Crippen molar-refractivity contribution in [3.8, 4) is 23.1 Å². The highest BCUT2D eigenvalue weighted by Gasteiger charge is 2.11. The van der Waals surface area contributed by atoms with Gasteiger partial charge in [-0.3, -0.25) is 0 Å². The SMILES string of the molecule is CCOc1ccc(-c2ncnc3c2ccn3C)cc1C#N. The van der Waals surface area contributed by atoms with E-state index < -0.39 is 0 Å². The molecule has 0 saturated carbocycles. The normalized spacial score (nSPS) is 10.5. The van der Waals surface area contributed by atoms with Crippen LogP contribution < -0.4 is 4.74 Å². The van der Waals surface area contributed by atoms with Gasteiger partial charge in [0, 0.05) is 24.2 Å². The summed E-state index contributed by atoms with van der Waals surface area (Å²) in [5, 5.41) is 10.2. The van der Waals surface area contributed by atoms with Crippen molar-refractivity contribution in [1.29, 1.82) is 5.26 Å². The van der Waals surface area contributed by atoms with Crippen molar-refractivity contribution in [2.45, 2.75) is 6.92 Å². The van der Waals surface area contributed by atoms with Crippen LogP contribution in [0.2, 0.25) is 0 Å². The van der Waals surface area contributed by atoms with Crippen LogP contribution in [0, 0.1) is 11.3 Å². The molecule has 0 radical (unpaired) electrons. The average Bonchev–Trinajstić information content (AvgIpc) is 2.90. The van der Waals surface area contributed by atoms with Gasteiger partial charge in [-0.2, -0.15) is 5.26 Å². The first-order valence-electron chi connectivity index (χ1n) is 6.68. The Hall–Kier alpha value is -2.87. The first kappa shape index (κ1) is 13.1. The van der Waals surface area contributed by atoms with Crippen molar-refractivity contribution in [2.75, 3.05) is 6.61 Å². The fourth-order valence-corrected chi connectivity index (χ4v) is 2.35. The zero-order valence-electron chi connectivity index (χ0n) is 11.9. The molecule has 0 saturated heterocycles. The summed E-state index contributed by atoms with van der Waals surface area (Å²) in [7, 11) is 1.94. The lowest BCUT2D eigenvalue weighted by molar-refractivity contribution is 0.339. The van der Waals surface area contributed by atoms with Crippen molar-refractivity contribution >= 4 is 11.0 Å². The monoisotopic (exact) mass is 278 g/mol. The van der Waals surface area contributed by atoms with Crippen LogP contribution in [-0.4, -0.2) is 21.1 Å². The molecule has 3 rings (SSSR count). The molecule has 3 aromatic rings. The predicted molar refractivity (Wildman–Crippen MR) is 79.8 cm³/mol. The van der Waals surface area contributed by atoms with Gasteiger partial charge in [0.25, 0.3) is 0 Å². The van der Waals surface area contributed by atoms with Crippen molar-refractivity contribution in [2.24, 2.45) is 7.05 Å². The second-order valence-corrected chi connectivity index (χ2v) is 4.64. The molecular weight excluding hydrogens is 264 g/mol. The van der Waals surface area contributed by atoms with Crippen LogP contribution >= 0.6 is 0 Å². The number of ether oxygens (including phenoxy) is 1. The molecule has 1 aromatic carbocycles. The fraction of sp³-hybridized carbons (Fsp3) is 0.188. The number of fused-ring (bicyclic) bond motifs is 1. The van der Waals surface area contributed by atoms with Crippen molar-refractivity contribution in [3.05, 3.63) is 42.4 Å². The third-order valence-electron chi connectivity index (χ3n) is 3.34. The maximum Gasteiger partial charge on any atom is 0.143 e. The lowest BCUT2D eigenvalue weighted by Crippen LogP contribution is -1.96. The zero-order valence-corrected chi connectivity index (χ0v) is 11.9. The van der Waals surface area contributed by atoms with Gasteiger partial charge in [0.15, 0.2) is 0 Å². The molecule has 2 heterocycles. The lowest BCUT2D eigenvalue weighted by atomic mass is 10.1. The molecule has 0 fully saturated rings. The zero-order chi connectivity index (χ0) is 14.8. The highest BCUT2D eigenvalue weighted by molar-refractivity contribution is 5.91. The quantitative estimate of drug-likeness (QED) is 0.739. The van der Waals surface area contributed by atoms with Crippen LogP contribution in [0.5, 0.6) is 5.75 Å². The second kappa shape index (κ2) is 5.25. The molecule has 0 aliphatic rings. The van der Waals surface area contributed by atoms with Gasteiger partial charge in [-0.25, -0.2) is 9.97 Å². The minimum Gasteiger partial charge on any atom is -0.492 e. The molecule has 0 unspecified atom stereocenters. The highest BCUT2D eigenvalue weighted by atomic mass is 16.5. The van der Waals surface area contributed by atoms with Gasteiger partial charge in [-0.1, -0.05) is 0 Å². The molecular formula is C16H14N4O. The highest BCUT2D eigenvalue weighted by Crippen LogP contribution is 2.29. The van der Waals surface area contributed by atoms with Crippen LogP contribution in [0.4, 0.5) is 0 Å². The Kier molecular flexibility index (Phi) is 3.28. The number of hydrogen-bond acceptors (Lipinski definition) is 4. The van der Waals surface area contributed by atoms with E-state index in [2.05, 4.69) is 16.0 Å². The average molecular weight is 278 g/mol. The minimum atomic E-state index is 0.511. The number of aromatic nitrogens is 3. The van der Waals surface area contributed by atoms with E-state index in [9.17, 15) is 5.26 Å². The van der Waals surface area contributed by atoms with Gasteiger partial charge in [0.05, 0.1) is 17.9 Å². The molecule has 0 N–H and O–H groups in total. The topological polar surface area (TPSA) is 63.7 Å². The van der Waals surface area contributed by atoms with Gasteiger partial charge >= 0.3 is 0 Å². The number of nitriles is 1. The Morgan fingerprint density at radius 3 is 2.90 bits per heavy atom. The van der Waals surface area contributed by atoms with E-state index in [1.54, 1.807) is 12.4 Å². The number of hydrogen-bond donors (Lipinski definition) is 0. The smallest absolute Gasteiger partial charge is 0.143 e. The number of nitrogens with zero attached hydrogens (tertiary/aromatic N) is 4. The van der Waals surface area contributed by atoms with Crippen LogP contribution in [-0.2, 0) is 7.05 Å². The number of benzene rings is 1. The molecule has 0 aliphatic carbocycles. The van der Waals surface area contributed by atoms with Crippen LogP contribution in [0.1, 0.15) is 12.5 Å². The summed E-state index contributed by atoms with van der Waals surface area (Å²) < 4.78 is 7.40.